The Balaban J connectivity index is 2.11. The molecule has 0 amide bonds. The highest BCUT2D eigenvalue weighted by Gasteiger charge is 2.42. The van der Waals surface area contributed by atoms with Crippen LogP contribution in [0.4, 0.5) is 0 Å². The molecule has 2 aliphatic rings. The molecule has 2 N–H and O–H groups in total. The fourth-order valence-corrected chi connectivity index (χ4v) is 3.55. The Kier molecular flexibility index (Phi) is 5.27. The first-order valence-corrected chi connectivity index (χ1v) is 8.48. The van der Waals surface area contributed by atoms with E-state index in [0.29, 0.717) is 13.2 Å². The molecule has 0 aliphatic heterocycles. The van der Waals surface area contributed by atoms with Crippen molar-refractivity contribution in [1.29, 1.82) is 0 Å². The van der Waals surface area contributed by atoms with Gasteiger partial charge in [0.2, 0.25) is 0 Å². The maximum absolute atomic E-state index is 6.51. The van der Waals surface area contributed by atoms with Gasteiger partial charge in [-0.1, -0.05) is 72.9 Å². The van der Waals surface area contributed by atoms with E-state index in [4.69, 9.17) is 10.5 Å². The van der Waals surface area contributed by atoms with Gasteiger partial charge in [-0.25, -0.2) is 0 Å². The van der Waals surface area contributed by atoms with Crippen LogP contribution in [0.1, 0.15) is 24.8 Å². The molecule has 2 aliphatic carbocycles. The quantitative estimate of drug-likeness (QED) is 0.852. The number of allylic oxidation sites excluding steroid dienone is 5. The van der Waals surface area contributed by atoms with Gasteiger partial charge in [0.25, 0.3) is 0 Å². The van der Waals surface area contributed by atoms with Gasteiger partial charge in [-0.3, -0.25) is 0 Å². The standard InChI is InChI=1S/C21H25NO/c22-16-17-23-21(18-10-4-1-5-11-18,19-12-6-2-7-13-19)20-14-8-3-9-15-20/h1-2,4-8,10-12,14-15,19H,3,9,13,16-17,22H2. The summed E-state index contributed by atoms with van der Waals surface area (Å²) < 4.78 is 6.51. The summed E-state index contributed by atoms with van der Waals surface area (Å²) in [5, 5.41) is 0. The van der Waals surface area contributed by atoms with E-state index in [0.717, 1.165) is 19.3 Å². The summed E-state index contributed by atoms with van der Waals surface area (Å²) in [6.07, 6.45) is 18.7. The SMILES string of the molecule is NCCOC(C1=CCCC=C1)(c1ccccc1)C1C=CC=CC1. The summed E-state index contributed by atoms with van der Waals surface area (Å²) in [6, 6.07) is 10.6. The largest absolute Gasteiger partial charge is 0.364 e. The monoisotopic (exact) mass is 307 g/mol. The Morgan fingerprint density at radius 1 is 1.09 bits per heavy atom. The molecule has 0 bridgehead atoms. The van der Waals surface area contributed by atoms with E-state index in [2.05, 4.69) is 72.9 Å². The van der Waals surface area contributed by atoms with Crippen molar-refractivity contribution in [3.63, 3.8) is 0 Å². The predicted octanol–water partition coefficient (Wildman–Crippen LogP) is 4.27. The Bertz CT molecular complexity index is 627. The van der Waals surface area contributed by atoms with E-state index >= 15 is 0 Å². The molecule has 2 unspecified atom stereocenters. The molecule has 1 aromatic rings. The number of ether oxygens (including phenoxy) is 1. The number of rotatable bonds is 6. The lowest BCUT2D eigenvalue weighted by molar-refractivity contribution is -0.0457. The van der Waals surface area contributed by atoms with Gasteiger partial charge >= 0.3 is 0 Å². The van der Waals surface area contributed by atoms with Crippen molar-refractivity contribution >= 4 is 0 Å². The minimum Gasteiger partial charge on any atom is -0.364 e. The lowest BCUT2D eigenvalue weighted by atomic mass is 9.71. The van der Waals surface area contributed by atoms with Crippen LogP contribution in [0.2, 0.25) is 0 Å². The number of hydrogen-bond acceptors (Lipinski definition) is 2. The Labute approximate surface area is 139 Å². The van der Waals surface area contributed by atoms with Gasteiger partial charge in [-0.15, -0.1) is 0 Å². The van der Waals surface area contributed by atoms with E-state index in [1.54, 1.807) is 0 Å². The molecule has 0 fully saturated rings. The molecular formula is C21H25NO. The lowest BCUT2D eigenvalue weighted by Gasteiger charge is -2.42. The third kappa shape index (κ3) is 3.24. The highest BCUT2D eigenvalue weighted by molar-refractivity contribution is 5.43. The second-order valence-electron chi connectivity index (χ2n) is 6.03. The van der Waals surface area contributed by atoms with Gasteiger partial charge in [0.1, 0.15) is 5.60 Å². The highest BCUT2D eigenvalue weighted by atomic mass is 16.5. The Hall–Kier alpha value is -1.90. The van der Waals surface area contributed by atoms with Crippen molar-refractivity contribution in [2.24, 2.45) is 11.7 Å². The van der Waals surface area contributed by atoms with Gasteiger partial charge in [-0.2, -0.15) is 0 Å². The van der Waals surface area contributed by atoms with Crippen molar-refractivity contribution in [2.45, 2.75) is 24.9 Å². The molecule has 0 saturated carbocycles. The Morgan fingerprint density at radius 2 is 1.96 bits per heavy atom. The zero-order chi connectivity index (χ0) is 16.0. The fraction of sp³-hybridized carbons (Fsp3) is 0.333. The predicted molar refractivity (Wildman–Crippen MR) is 96.0 cm³/mol. The summed E-state index contributed by atoms with van der Waals surface area (Å²) in [6.45, 7) is 1.08. The molecular weight excluding hydrogens is 282 g/mol. The van der Waals surface area contributed by atoms with Crippen molar-refractivity contribution in [3.8, 4) is 0 Å². The minimum atomic E-state index is -0.460. The summed E-state index contributed by atoms with van der Waals surface area (Å²) in [7, 11) is 0. The van der Waals surface area contributed by atoms with Crippen LogP contribution < -0.4 is 5.73 Å². The van der Waals surface area contributed by atoms with E-state index in [1.165, 1.54) is 11.1 Å². The van der Waals surface area contributed by atoms with Crippen LogP contribution >= 0.6 is 0 Å². The normalized spacial score (nSPS) is 22.7. The van der Waals surface area contributed by atoms with Crippen LogP contribution in [-0.4, -0.2) is 13.2 Å². The van der Waals surface area contributed by atoms with Gasteiger partial charge < -0.3 is 10.5 Å². The topological polar surface area (TPSA) is 35.2 Å². The molecule has 2 heteroatoms. The van der Waals surface area contributed by atoms with Crippen molar-refractivity contribution in [2.75, 3.05) is 13.2 Å². The Morgan fingerprint density at radius 3 is 2.61 bits per heavy atom. The molecule has 23 heavy (non-hydrogen) atoms. The van der Waals surface area contributed by atoms with E-state index < -0.39 is 5.60 Å². The molecule has 0 aromatic heterocycles. The zero-order valence-corrected chi connectivity index (χ0v) is 13.5. The second kappa shape index (κ2) is 7.58. The average molecular weight is 307 g/mol. The van der Waals surface area contributed by atoms with Gasteiger partial charge in [0.15, 0.2) is 0 Å². The number of benzene rings is 1. The first-order valence-electron chi connectivity index (χ1n) is 8.48. The van der Waals surface area contributed by atoms with Crippen molar-refractivity contribution in [3.05, 3.63) is 84.0 Å². The molecule has 0 heterocycles. The minimum absolute atomic E-state index is 0.274. The molecule has 120 valence electrons. The molecule has 2 atom stereocenters. The molecule has 2 nitrogen and oxygen atoms in total. The number of hydrogen-bond donors (Lipinski definition) is 1. The van der Waals surface area contributed by atoms with E-state index in [1.807, 2.05) is 0 Å². The van der Waals surface area contributed by atoms with Crippen LogP contribution in [0.25, 0.3) is 0 Å². The fourth-order valence-electron chi connectivity index (χ4n) is 3.55. The average Bonchev–Trinajstić information content (AvgIpc) is 2.65. The maximum atomic E-state index is 6.51. The second-order valence-corrected chi connectivity index (χ2v) is 6.03. The molecule has 1 aromatic carbocycles. The smallest absolute Gasteiger partial charge is 0.124 e. The van der Waals surface area contributed by atoms with Gasteiger partial charge in [0.05, 0.1) is 6.61 Å². The summed E-state index contributed by atoms with van der Waals surface area (Å²) >= 11 is 0. The lowest BCUT2D eigenvalue weighted by Crippen LogP contribution is -2.41. The maximum Gasteiger partial charge on any atom is 0.124 e. The van der Waals surface area contributed by atoms with Gasteiger partial charge in [0, 0.05) is 12.5 Å². The van der Waals surface area contributed by atoms with Gasteiger partial charge in [-0.05, 0) is 30.4 Å². The first kappa shape index (κ1) is 16.0. The first-order chi connectivity index (χ1) is 11.4. The summed E-state index contributed by atoms with van der Waals surface area (Å²) in [5.41, 5.74) is 7.78. The third-order valence-corrected chi connectivity index (χ3v) is 4.58. The van der Waals surface area contributed by atoms with Crippen LogP contribution in [0.3, 0.4) is 0 Å². The molecule has 0 saturated heterocycles. The number of nitrogens with two attached hydrogens (primary N) is 1. The van der Waals surface area contributed by atoms with Crippen molar-refractivity contribution in [1.82, 2.24) is 0 Å². The van der Waals surface area contributed by atoms with Crippen LogP contribution in [0.5, 0.6) is 0 Å². The summed E-state index contributed by atoms with van der Waals surface area (Å²) in [5.74, 6) is 0.274. The van der Waals surface area contributed by atoms with Crippen LogP contribution in [0.15, 0.2) is 78.4 Å². The van der Waals surface area contributed by atoms with Crippen LogP contribution in [-0.2, 0) is 10.3 Å². The summed E-state index contributed by atoms with van der Waals surface area (Å²) in [4.78, 5) is 0. The van der Waals surface area contributed by atoms with Crippen molar-refractivity contribution < 1.29 is 4.74 Å². The molecule has 3 rings (SSSR count). The molecule has 0 radical (unpaired) electrons. The third-order valence-electron chi connectivity index (χ3n) is 4.58. The van der Waals surface area contributed by atoms with E-state index in [9.17, 15) is 0 Å². The van der Waals surface area contributed by atoms with E-state index in [-0.39, 0.29) is 5.92 Å². The highest BCUT2D eigenvalue weighted by Crippen LogP contribution is 2.45. The molecule has 0 spiro atoms. The zero-order valence-electron chi connectivity index (χ0n) is 13.5. The van der Waals surface area contributed by atoms with Crippen LogP contribution in [0, 0.1) is 5.92 Å².